The Balaban J connectivity index is 0.00000200. The predicted molar refractivity (Wildman–Crippen MR) is 84.2 cm³/mol. The number of hydrogen-bond acceptors (Lipinski definition) is 3. The zero-order valence-electron chi connectivity index (χ0n) is 11.3. The fourth-order valence-corrected chi connectivity index (χ4v) is 1.71. The van der Waals surface area contributed by atoms with Gasteiger partial charge in [-0.05, 0) is 35.4 Å². The standard InChI is InChI=1S/C16H18N2O.ClH/c1-2-11-19-16-5-3-14(4-6-16)12-18-13-15-7-9-17-10-8-15;/h2-10,18H,1,11-13H2;1H. The van der Waals surface area contributed by atoms with E-state index in [2.05, 4.69) is 29.0 Å². The second-order valence-electron chi connectivity index (χ2n) is 4.20. The van der Waals surface area contributed by atoms with Crippen molar-refractivity contribution in [1.82, 2.24) is 10.3 Å². The van der Waals surface area contributed by atoms with Gasteiger partial charge in [0.05, 0.1) is 0 Å². The van der Waals surface area contributed by atoms with Crippen molar-refractivity contribution >= 4 is 12.4 Å². The summed E-state index contributed by atoms with van der Waals surface area (Å²) in [5, 5.41) is 3.40. The first-order chi connectivity index (χ1) is 9.38. The number of nitrogens with one attached hydrogen (secondary N) is 1. The molecule has 1 N–H and O–H groups in total. The lowest BCUT2D eigenvalue weighted by Crippen LogP contribution is -2.12. The van der Waals surface area contributed by atoms with Gasteiger partial charge in [-0.25, -0.2) is 0 Å². The minimum atomic E-state index is 0. The zero-order chi connectivity index (χ0) is 13.3. The number of aromatic nitrogens is 1. The highest BCUT2D eigenvalue weighted by molar-refractivity contribution is 5.85. The smallest absolute Gasteiger partial charge is 0.119 e. The summed E-state index contributed by atoms with van der Waals surface area (Å²) < 4.78 is 5.44. The molecule has 4 heteroatoms. The molecule has 0 atom stereocenters. The molecule has 0 fully saturated rings. The van der Waals surface area contributed by atoms with Crippen molar-refractivity contribution in [2.45, 2.75) is 13.1 Å². The van der Waals surface area contributed by atoms with Gasteiger partial charge in [-0.2, -0.15) is 0 Å². The first-order valence-corrected chi connectivity index (χ1v) is 6.31. The molecule has 0 amide bonds. The highest BCUT2D eigenvalue weighted by Gasteiger charge is 1.96. The molecule has 0 unspecified atom stereocenters. The molecule has 0 saturated heterocycles. The fourth-order valence-electron chi connectivity index (χ4n) is 1.71. The third kappa shape index (κ3) is 5.43. The van der Waals surface area contributed by atoms with Gasteiger partial charge in [0.15, 0.2) is 0 Å². The molecule has 1 aromatic carbocycles. The van der Waals surface area contributed by atoms with Crippen LogP contribution < -0.4 is 10.1 Å². The van der Waals surface area contributed by atoms with E-state index in [9.17, 15) is 0 Å². The number of pyridine rings is 1. The summed E-state index contributed by atoms with van der Waals surface area (Å²) in [5.41, 5.74) is 2.47. The maximum Gasteiger partial charge on any atom is 0.119 e. The summed E-state index contributed by atoms with van der Waals surface area (Å²) in [7, 11) is 0. The van der Waals surface area contributed by atoms with Crippen LogP contribution in [0, 0.1) is 0 Å². The van der Waals surface area contributed by atoms with Crippen LogP contribution in [0.25, 0.3) is 0 Å². The Morgan fingerprint density at radius 3 is 2.20 bits per heavy atom. The number of rotatable bonds is 7. The maximum absolute atomic E-state index is 5.44. The number of ether oxygens (including phenoxy) is 1. The summed E-state index contributed by atoms with van der Waals surface area (Å²) in [6.07, 6.45) is 5.36. The van der Waals surface area contributed by atoms with Gasteiger partial charge in [-0.1, -0.05) is 24.8 Å². The molecule has 0 radical (unpaired) electrons. The number of benzene rings is 1. The lowest BCUT2D eigenvalue weighted by atomic mass is 10.2. The average Bonchev–Trinajstić information content (AvgIpc) is 2.47. The lowest BCUT2D eigenvalue weighted by Gasteiger charge is -2.07. The van der Waals surface area contributed by atoms with E-state index in [0.29, 0.717) is 6.61 Å². The second kappa shape index (κ2) is 9.13. The van der Waals surface area contributed by atoms with Crippen LogP contribution in [0.15, 0.2) is 61.4 Å². The molecule has 0 bridgehead atoms. The Morgan fingerprint density at radius 1 is 1.00 bits per heavy atom. The highest BCUT2D eigenvalue weighted by Crippen LogP contribution is 2.12. The molecule has 0 aliphatic heterocycles. The molecular weight excluding hydrogens is 272 g/mol. The van der Waals surface area contributed by atoms with Crippen LogP contribution in [0.1, 0.15) is 11.1 Å². The van der Waals surface area contributed by atoms with Gasteiger partial charge < -0.3 is 10.1 Å². The lowest BCUT2D eigenvalue weighted by molar-refractivity contribution is 0.363. The summed E-state index contributed by atoms with van der Waals surface area (Å²) >= 11 is 0. The molecular formula is C16H19ClN2O. The van der Waals surface area contributed by atoms with E-state index in [1.54, 1.807) is 6.08 Å². The molecule has 0 aliphatic carbocycles. The third-order valence-electron chi connectivity index (χ3n) is 2.70. The maximum atomic E-state index is 5.44. The van der Waals surface area contributed by atoms with Crippen molar-refractivity contribution in [1.29, 1.82) is 0 Å². The van der Waals surface area contributed by atoms with Crippen LogP contribution in [0.4, 0.5) is 0 Å². The van der Waals surface area contributed by atoms with E-state index in [1.165, 1.54) is 11.1 Å². The average molecular weight is 291 g/mol. The van der Waals surface area contributed by atoms with Gasteiger partial charge in [0.2, 0.25) is 0 Å². The summed E-state index contributed by atoms with van der Waals surface area (Å²) in [4.78, 5) is 4.00. The Bertz CT molecular complexity index is 500. The van der Waals surface area contributed by atoms with Crippen LogP contribution in [-0.2, 0) is 13.1 Å². The van der Waals surface area contributed by atoms with Gasteiger partial charge in [-0.3, -0.25) is 4.98 Å². The molecule has 0 spiro atoms. The summed E-state index contributed by atoms with van der Waals surface area (Å²) in [6.45, 7) is 5.85. The molecule has 20 heavy (non-hydrogen) atoms. The Labute approximate surface area is 126 Å². The topological polar surface area (TPSA) is 34.1 Å². The number of nitrogens with zero attached hydrogens (tertiary/aromatic N) is 1. The Hall–Kier alpha value is -1.84. The van der Waals surface area contributed by atoms with E-state index in [-0.39, 0.29) is 12.4 Å². The van der Waals surface area contributed by atoms with E-state index in [0.717, 1.165) is 18.8 Å². The highest BCUT2D eigenvalue weighted by atomic mass is 35.5. The second-order valence-corrected chi connectivity index (χ2v) is 4.20. The van der Waals surface area contributed by atoms with Gasteiger partial charge >= 0.3 is 0 Å². The minimum Gasteiger partial charge on any atom is -0.490 e. The van der Waals surface area contributed by atoms with Crippen molar-refractivity contribution < 1.29 is 4.74 Å². The molecule has 2 rings (SSSR count). The first-order valence-electron chi connectivity index (χ1n) is 6.31. The van der Waals surface area contributed by atoms with E-state index < -0.39 is 0 Å². The quantitative estimate of drug-likeness (QED) is 0.794. The zero-order valence-corrected chi connectivity index (χ0v) is 12.1. The van der Waals surface area contributed by atoms with Gasteiger partial charge in [0.25, 0.3) is 0 Å². The van der Waals surface area contributed by atoms with E-state index in [1.807, 2.05) is 36.7 Å². The van der Waals surface area contributed by atoms with Crippen LogP contribution in [0.5, 0.6) is 5.75 Å². The molecule has 0 aliphatic rings. The molecule has 2 aromatic rings. The van der Waals surface area contributed by atoms with Crippen molar-refractivity contribution in [2.24, 2.45) is 0 Å². The Morgan fingerprint density at radius 2 is 1.60 bits per heavy atom. The first kappa shape index (κ1) is 16.2. The van der Waals surface area contributed by atoms with Crippen molar-refractivity contribution in [3.8, 4) is 5.75 Å². The number of hydrogen-bond donors (Lipinski definition) is 1. The largest absolute Gasteiger partial charge is 0.490 e. The van der Waals surface area contributed by atoms with Crippen molar-refractivity contribution in [3.63, 3.8) is 0 Å². The molecule has 0 saturated carbocycles. The van der Waals surface area contributed by atoms with Crippen LogP contribution in [0.2, 0.25) is 0 Å². The van der Waals surface area contributed by atoms with Gasteiger partial charge in [-0.15, -0.1) is 12.4 Å². The van der Waals surface area contributed by atoms with Crippen molar-refractivity contribution in [3.05, 3.63) is 72.6 Å². The van der Waals surface area contributed by atoms with E-state index in [4.69, 9.17) is 4.74 Å². The molecule has 106 valence electrons. The number of halogens is 1. The summed E-state index contributed by atoms with van der Waals surface area (Å²) in [5.74, 6) is 0.873. The van der Waals surface area contributed by atoms with Crippen LogP contribution in [0.3, 0.4) is 0 Å². The van der Waals surface area contributed by atoms with Crippen LogP contribution >= 0.6 is 12.4 Å². The normalized spacial score (nSPS) is 9.60. The van der Waals surface area contributed by atoms with E-state index >= 15 is 0 Å². The van der Waals surface area contributed by atoms with Gasteiger partial charge in [0, 0.05) is 25.5 Å². The molecule has 1 heterocycles. The Kier molecular flexibility index (Phi) is 7.40. The minimum absolute atomic E-state index is 0. The predicted octanol–water partition coefficient (Wildman–Crippen LogP) is 3.36. The summed E-state index contributed by atoms with van der Waals surface area (Å²) in [6, 6.07) is 12.1. The molecule has 1 aromatic heterocycles. The van der Waals surface area contributed by atoms with Gasteiger partial charge in [0.1, 0.15) is 12.4 Å². The van der Waals surface area contributed by atoms with Crippen molar-refractivity contribution in [2.75, 3.05) is 6.61 Å². The monoisotopic (exact) mass is 290 g/mol. The third-order valence-corrected chi connectivity index (χ3v) is 2.70. The SMILES string of the molecule is C=CCOc1ccc(CNCc2ccncc2)cc1.Cl. The van der Waals surface area contributed by atoms with Crippen LogP contribution in [-0.4, -0.2) is 11.6 Å². The molecule has 3 nitrogen and oxygen atoms in total. The fraction of sp³-hybridized carbons (Fsp3) is 0.188.